The first-order valence-electron chi connectivity index (χ1n) is 8.96. The summed E-state index contributed by atoms with van der Waals surface area (Å²) in [5.41, 5.74) is 0.720. The molecule has 1 aliphatic heterocycles. The van der Waals surface area contributed by atoms with Crippen molar-refractivity contribution in [2.24, 2.45) is 5.14 Å². The number of piperazine rings is 1. The molecule has 2 aromatic carbocycles. The van der Waals surface area contributed by atoms with E-state index in [-0.39, 0.29) is 28.2 Å². The molecule has 9 nitrogen and oxygen atoms in total. The van der Waals surface area contributed by atoms with Gasteiger partial charge < -0.3 is 4.90 Å². The normalized spacial score (nSPS) is 16.1. The van der Waals surface area contributed by atoms with E-state index in [0.29, 0.717) is 18.9 Å². The molecule has 0 unspecified atom stereocenters. The van der Waals surface area contributed by atoms with Gasteiger partial charge in [0.25, 0.3) is 0 Å². The van der Waals surface area contributed by atoms with E-state index < -0.39 is 20.0 Å². The molecule has 30 heavy (non-hydrogen) atoms. The first-order chi connectivity index (χ1) is 14.2. The van der Waals surface area contributed by atoms with E-state index in [9.17, 15) is 16.8 Å². The zero-order valence-corrected chi connectivity index (χ0v) is 18.0. The van der Waals surface area contributed by atoms with E-state index in [4.69, 9.17) is 16.7 Å². The second kappa shape index (κ2) is 7.75. The zero-order chi connectivity index (χ0) is 21.5. The highest BCUT2D eigenvalue weighted by atomic mass is 35.5. The molecular weight excluding hydrogens is 450 g/mol. The van der Waals surface area contributed by atoms with Crippen molar-refractivity contribution in [3.63, 3.8) is 0 Å². The van der Waals surface area contributed by atoms with Gasteiger partial charge in [0.1, 0.15) is 5.82 Å². The Morgan fingerprint density at radius 1 is 0.833 bits per heavy atom. The summed E-state index contributed by atoms with van der Waals surface area (Å²) < 4.78 is 50.0. The van der Waals surface area contributed by atoms with Crippen LogP contribution in [0.1, 0.15) is 0 Å². The number of para-hydroxylation sites is 1. The highest BCUT2D eigenvalue weighted by Gasteiger charge is 2.30. The van der Waals surface area contributed by atoms with Gasteiger partial charge in [-0.1, -0.05) is 12.1 Å². The molecule has 1 saturated heterocycles. The fourth-order valence-corrected chi connectivity index (χ4v) is 5.47. The van der Waals surface area contributed by atoms with Crippen molar-refractivity contribution in [3.05, 3.63) is 53.8 Å². The quantitative estimate of drug-likeness (QED) is 0.575. The molecule has 4 rings (SSSR count). The van der Waals surface area contributed by atoms with Crippen LogP contribution in [-0.4, -0.2) is 57.3 Å². The predicted molar refractivity (Wildman–Crippen MR) is 113 cm³/mol. The maximum absolute atomic E-state index is 12.9. The van der Waals surface area contributed by atoms with Crippen LogP contribution in [0.5, 0.6) is 0 Å². The molecule has 0 spiro atoms. The number of benzene rings is 2. The lowest BCUT2D eigenvalue weighted by atomic mass is 10.2. The lowest BCUT2D eigenvalue weighted by molar-refractivity contribution is 0.384. The fourth-order valence-electron chi connectivity index (χ4n) is 3.36. The molecule has 3 aromatic rings. The maximum atomic E-state index is 12.9. The molecule has 2 heterocycles. The molecule has 1 aliphatic rings. The van der Waals surface area contributed by atoms with Gasteiger partial charge in [0.05, 0.1) is 15.3 Å². The Balaban J connectivity index is 1.55. The molecule has 0 saturated carbocycles. The van der Waals surface area contributed by atoms with Gasteiger partial charge in [0.2, 0.25) is 25.3 Å². The van der Waals surface area contributed by atoms with Crippen molar-refractivity contribution in [2.75, 3.05) is 31.1 Å². The van der Waals surface area contributed by atoms with Crippen LogP contribution in [0.3, 0.4) is 0 Å². The summed E-state index contributed by atoms with van der Waals surface area (Å²) in [6.45, 7) is 1.34. The number of halogens is 1. The number of anilines is 1. The maximum Gasteiger partial charge on any atom is 0.243 e. The summed E-state index contributed by atoms with van der Waals surface area (Å²) in [5, 5.41) is 6.04. The van der Waals surface area contributed by atoms with Crippen molar-refractivity contribution in [3.8, 4) is 0 Å². The van der Waals surface area contributed by atoms with Crippen molar-refractivity contribution in [1.82, 2.24) is 14.3 Å². The van der Waals surface area contributed by atoms with Gasteiger partial charge in [-0.2, -0.15) is 9.29 Å². The molecule has 2 N–H and O–H groups in total. The van der Waals surface area contributed by atoms with E-state index in [1.807, 2.05) is 29.2 Å². The summed E-state index contributed by atoms with van der Waals surface area (Å²) in [4.78, 5) is 10.4. The average molecular weight is 468 g/mol. The first-order valence-corrected chi connectivity index (χ1v) is 12.3. The molecule has 0 atom stereocenters. The monoisotopic (exact) mass is 467 g/mol. The Bertz CT molecular complexity index is 1310. The van der Waals surface area contributed by atoms with E-state index in [1.54, 1.807) is 0 Å². The van der Waals surface area contributed by atoms with Crippen LogP contribution in [-0.2, 0) is 20.0 Å². The Kier molecular flexibility index (Phi) is 5.41. The van der Waals surface area contributed by atoms with Crippen molar-refractivity contribution in [2.45, 2.75) is 9.79 Å². The Hall–Kier alpha value is -2.31. The third-order valence-corrected chi connectivity index (χ3v) is 7.90. The van der Waals surface area contributed by atoms with Crippen LogP contribution in [0.25, 0.3) is 10.9 Å². The minimum atomic E-state index is -3.89. The molecule has 158 valence electrons. The molecule has 12 heteroatoms. The fraction of sp³-hybridized carbons (Fsp3) is 0.222. The van der Waals surface area contributed by atoms with Gasteiger partial charge in [0, 0.05) is 31.6 Å². The smallest absolute Gasteiger partial charge is 0.243 e. The largest absolute Gasteiger partial charge is 0.353 e. The van der Waals surface area contributed by atoms with Crippen LogP contribution in [0.2, 0.25) is 5.28 Å². The highest BCUT2D eigenvalue weighted by molar-refractivity contribution is 7.89. The zero-order valence-electron chi connectivity index (χ0n) is 15.6. The summed E-state index contributed by atoms with van der Waals surface area (Å²) in [6, 6.07) is 12.4. The minimum absolute atomic E-state index is 0.0129. The van der Waals surface area contributed by atoms with Crippen molar-refractivity contribution < 1.29 is 16.8 Å². The van der Waals surface area contributed by atoms with E-state index in [1.165, 1.54) is 28.6 Å². The van der Waals surface area contributed by atoms with E-state index >= 15 is 0 Å². The highest BCUT2D eigenvalue weighted by Crippen LogP contribution is 2.27. The van der Waals surface area contributed by atoms with Gasteiger partial charge in [0.15, 0.2) is 0 Å². The SMILES string of the molecule is NS(=O)(=O)c1ccc(S(=O)(=O)N2CCN(c3nc(Cl)nc4ccccc34)CC2)cc1. The minimum Gasteiger partial charge on any atom is -0.353 e. The third kappa shape index (κ3) is 3.98. The van der Waals surface area contributed by atoms with Crippen LogP contribution in [0.15, 0.2) is 58.3 Å². The Labute approximate surface area is 179 Å². The number of aromatic nitrogens is 2. The van der Waals surface area contributed by atoms with E-state index in [2.05, 4.69) is 9.97 Å². The number of nitrogens with two attached hydrogens (primary N) is 1. The second-order valence-corrected chi connectivity index (χ2v) is 10.6. The van der Waals surface area contributed by atoms with Crippen LogP contribution >= 0.6 is 11.6 Å². The van der Waals surface area contributed by atoms with Crippen molar-refractivity contribution >= 4 is 48.4 Å². The summed E-state index contributed by atoms with van der Waals surface area (Å²) in [7, 11) is -7.66. The summed E-state index contributed by atoms with van der Waals surface area (Å²) in [6.07, 6.45) is 0. The number of hydrogen-bond donors (Lipinski definition) is 1. The van der Waals surface area contributed by atoms with Crippen LogP contribution in [0, 0.1) is 0 Å². The number of sulfonamides is 2. The van der Waals surface area contributed by atoms with Crippen LogP contribution < -0.4 is 10.0 Å². The number of primary sulfonamides is 1. The van der Waals surface area contributed by atoms with Crippen LogP contribution in [0.4, 0.5) is 5.82 Å². The molecule has 0 bridgehead atoms. The molecule has 0 radical (unpaired) electrons. The van der Waals surface area contributed by atoms with Gasteiger partial charge in [-0.15, -0.1) is 0 Å². The summed E-state index contributed by atoms with van der Waals surface area (Å²) in [5.74, 6) is 0.667. The summed E-state index contributed by atoms with van der Waals surface area (Å²) >= 11 is 6.06. The lowest BCUT2D eigenvalue weighted by Crippen LogP contribution is -2.49. The van der Waals surface area contributed by atoms with E-state index in [0.717, 1.165) is 10.9 Å². The lowest BCUT2D eigenvalue weighted by Gasteiger charge is -2.35. The molecule has 0 aliphatic carbocycles. The number of nitrogens with zero attached hydrogens (tertiary/aromatic N) is 4. The second-order valence-electron chi connectivity index (χ2n) is 6.74. The first kappa shape index (κ1) is 20.9. The molecule has 0 amide bonds. The third-order valence-electron chi connectivity index (χ3n) is 4.88. The Morgan fingerprint density at radius 2 is 1.43 bits per heavy atom. The van der Waals surface area contributed by atoms with Gasteiger partial charge in [-0.3, -0.25) is 0 Å². The van der Waals surface area contributed by atoms with Crippen molar-refractivity contribution in [1.29, 1.82) is 0 Å². The van der Waals surface area contributed by atoms with Gasteiger partial charge >= 0.3 is 0 Å². The standard InChI is InChI=1S/C18H18ClN5O4S2/c19-18-21-16-4-2-1-3-15(16)17(22-18)23-9-11-24(12-10-23)30(27,28)14-7-5-13(6-8-14)29(20,25)26/h1-8H,9-12H2,(H2,20,25,26). The molecular formula is C18H18ClN5O4S2. The number of hydrogen-bond acceptors (Lipinski definition) is 7. The molecule has 1 aromatic heterocycles. The number of rotatable bonds is 4. The average Bonchev–Trinajstić information content (AvgIpc) is 2.72. The van der Waals surface area contributed by atoms with Gasteiger partial charge in [-0.25, -0.2) is 27.0 Å². The Morgan fingerprint density at radius 3 is 2.07 bits per heavy atom. The number of fused-ring (bicyclic) bond motifs is 1. The topological polar surface area (TPSA) is 127 Å². The predicted octanol–water partition coefficient (Wildman–Crippen LogP) is 1.44. The van der Waals surface area contributed by atoms with Gasteiger partial charge in [-0.05, 0) is 48.0 Å². The molecule has 1 fully saturated rings.